The third-order valence-corrected chi connectivity index (χ3v) is 2.56. The van der Waals surface area contributed by atoms with Crippen LogP contribution in [0.25, 0.3) is 0 Å². The molecular formula is C15H16N2. The van der Waals surface area contributed by atoms with E-state index in [2.05, 4.69) is 53.8 Å². The average Bonchev–Trinajstić information content (AvgIpc) is 2.37. The molecule has 0 saturated carbocycles. The van der Waals surface area contributed by atoms with Gasteiger partial charge in [0.25, 0.3) is 0 Å². The molecule has 2 heteroatoms. The number of aryl methyl sites for hydroxylation is 1. The molecule has 0 aromatic heterocycles. The van der Waals surface area contributed by atoms with Crippen LogP contribution in [0.5, 0.6) is 0 Å². The highest BCUT2D eigenvalue weighted by Gasteiger charge is 2.06. The van der Waals surface area contributed by atoms with Crippen LogP contribution >= 0.6 is 0 Å². The lowest BCUT2D eigenvalue weighted by atomic mass is 10.0. The van der Waals surface area contributed by atoms with Crippen molar-refractivity contribution in [2.24, 2.45) is 5.10 Å². The van der Waals surface area contributed by atoms with E-state index in [1.165, 1.54) is 5.56 Å². The summed E-state index contributed by atoms with van der Waals surface area (Å²) in [5.41, 5.74) is 7.33. The lowest BCUT2D eigenvalue weighted by molar-refractivity contribution is 0.901. The number of benzene rings is 2. The molecule has 17 heavy (non-hydrogen) atoms. The highest BCUT2D eigenvalue weighted by molar-refractivity contribution is 6.12. The first-order valence-electron chi connectivity index (χ1n) is 5.68. The van der Waals surface area contributed by atoms with Crippen LogP contribution in [-0.2, 0) is 0 Å². The SMILES string of the molecule is CN/N=C(/c1ccccc1)c1cccc(C)c1. The minimum atomic E-state index is 0.969. The molecule has 2 rings (SSSR count). The molecule has 86 valence electrons. The van der Waals surface area contributed by atoms with Gasteiger partial charge in [-0.05, 0) is 13.0 Å². The fourth-order valence-electron chi connectivity index (χ4n) is 1.80. The van der Waals surface area contributed by atoms with E-state index in [1.54, 1.807) is 0 Å². The molecule has 2 aromatic rings. The van der Waals surface area contributed by atoms with Gasteiger partial charge in [-0.2, -0.15) is 5.10 Å². The summed E-state index contributed by atoms with van der Waals surface area (Å²) in [7, 11) is 1.82. The van der Waals surface area contributed by atoms with Crippen molar-refractivity contribution in [2.75, 3.05) is 7.05 Å². The van der Waals surface area contributed by atoms with Crippen molar-refractivity contribution >= 4 is 5.71 Å². The Bertz CT molecular complexity index is 515. The van der Waals surface area contributed by atoms with Crippen molar-refractivity contribution in [3.63, 3.8) is 0 Å². The van der Waals surface area contributed by atoms with Gasteiger partial charge in [-0.15, -0.1) is 0 Å². The van der Waals surface area contributed by atoms with Crippen molar-refractivity contribution in [3.8, 4) is 0 Å². The zero-order valence-corrected chi connectivity index (χ0v) is 10.1. The van der Waals surface area contributed by atoms with Gasteiger partial charge in [0.1, 0.15) is 0 Å². The van der Waals surface area contributed by atoms with E-state index >= 15 is 0 Å². The maximum atomic E-state index is 4.37. The maximum Gasteiger partial charge on any atom is 0.0973 e. The van der Waals surface area contributed by atoms with E-state index in [0.717, 1.165) is 16.8 Å². The summed E-state index contributed by atoms with van der Waals surface area (Å²) in [6, 6.07) is 18.6. The summed E-state index contributed by atoms with van der Waals surface area (Å²) in [4.78, 5) is 0. The number of hydrogen-bond donors (Lipinski definition) is 1. The van der Waals surface area contributed by atoms with E-state index < -0.39 is 0 Å². The molecule has 1 N–H and O–H groups in total. The molecule has 0 saturated heterocycles. The highest BCUT2D eigenvalue weighted by Crippen LogP contribution is 2.12. The first kappa shape index (κ1) is 11.4. The number of hydrogen-bond acceptors (Lipinski definition) is 2. The van der Waals surface area contributed by atoms with Crippen molar-refractivity contribution in [2.45, 2.75) is 6.92 Å². The Labute approximate surface area is 102 Å². The van der Waals surface area contributed by atoms with Gasteiger partial charge in [-0.25, -0.2) is 0 Å². The van der Waals surface area contributed by atoms with Gasteiger partial charge in [0, 0.05) is 18.2 Å². The molecule has 0 heterocycles. The zero-order valence-electron chi connectivity index (χ0n) is 10.1. The summed E-state index contributed by atoms with van der Waals surface area (Å²) >= 11 is 0. The van der Waals surface area contributed by atoms with Crippen LogP contribution in [-0.4, -0.2) is 12.8 Å². The van der Waals surface area contributed by atoms with Crippen LogP contribution in [0.2, 0.25) is 0 Å². The molecule has 0 bridgehead atoms. The normalized spacial score (nSPS) is 11.3. The number of nitrogens with one attached hydrogen (secondary N) is 1. The molecule has 0 spiro atoms. The van der Waals surface area contributed by atoms with Crippen LogP contribution < -0.4 is 5.43 Å². The van der Waals surface area contributed by atoms with Gasteiger partial charge in [0.15, 0.2) is 0 Å². The van der Waals surface area contributed by atoms with Crippen molar-refractivity contribution < 1.29 is 0 Å². The van der Waals surface area contributed by atoms with Gasteiger partial charge in [-0.1, -0.05) is 54.1 Å². The first-order chi connectivity index (χ1) is 8.31. The number of hydrazone groups is 1. The monoisotopic (exact) mass is 224 g/mol. The molecule has 2 aromatic carbocycles. The van der Waals surface area contributed by atoms with Gasteiger partial charge >= 0.3 is 0 Å². The van der Waals surface area contributed by atoms with E-state index in [4.69, 9.17) is 0 Å². The van der Waals surface area contributed by atoms with Crippen LogP contribution in [0.4, 0.5) is 0 Å². The van der Waals surface area contributed by atoms with Crippen LogP contribution in [0.15, 0.2) is 59.7 Å². The molecule has 0 amide bonds. The molecule has 0 atom stereocenters. The first-order valence-corrected chi connectivity index (χ1v) is 5.68. The summed E-state index contributed by atoms with van der Waals surface area (Å²) in [5, 5.41) is 4.37. The highest BCUT2D eigenvalue weighted by atomic mass is 15.3. The summed E-state index contributed by atoms with van der Waals surface area (Å²) in [5.74, 6) is 0. The maximum absolute atomic E-state index is 4.37. The van der Waals surface area contributed by atoms with E-state index in [-0.39, 0.29) is 0 Å². The molecule has 0 unspecified atom stereocenters. The largest absolute Gasteiger partial charge is 0.313 e. The quantitative estimate of drug-likeness (QED) is 0.629. The van der Waals surface area contributed by atoms with E-state index in [1.807, 2.05) is 25.2 Å². The summed E-state index contributed by atoms with van der Waals surface area (Å²) in [6.07, 6.45) is 0. The van der Waals surface area contributed by atoms with Gasteiger partial charge in [0.2, 0.25) is 0 Å². The minimum Gasteiger partial charge on any atom is -0.313 e. The molecule has 0 fully saturated rings. The topological polar surface area (TPSA) is 24.4 Å². The van der Waals surface area contributed by atoms with Gasteiger partial charge in [0.05, 0.1) is 5.71 Å². The van der Waals surface area contributed by atoms with Gasteiger partial charge in [-0.3, -0.25) is 0 Å². The van der Waals surface area contributed by atoms with Crippen molar-refractivity contribution in [1.29, 1.82) is 0 Å². The second-order valence-corrected chi connectivity index (χ2v) is 3.92. The molecule has 2 nitrogen and oxygen atoms in total. The fraction of sp³-hybridized carbons (Fsp3) is 0.133. The Morgan fingerprint density at radius 1 is 0.941 bits per heavy atom. The third kappa shape index (κ3) is 2.72. The smallest absolute Gasteiger partial charge is 0.0973 e. The fourth-order valence-corrected chi connectivity index (χ4v) is 1.80. The Kier molecular flexibility index (Phi) is 3.55. The second-order valence-electron chi connectivity index (χ2n) is 3.92. The second kappa shape index (κ2) is 5.30. The van der Waals surface area contributed by atoms with Crippen LogP contribution in [0.1, 0.15) is 16.7 Å². The van der Waals surface area contributed by atoms with E-state index in [0.29, 0.717) is 0 Å². The molecule has 0 aliphatic heterocycles. The Morgan fingerprint density at radius 3 is 2.29 bits per heavy atom. The number of nitrogens with zero attached hydrogens (tertiary/aromatic N) is 1. The van der Waals surface area contributed by atoms with E-state index in [9.17, 15) is 0 Å². The van der Waals surface area contributed by atoms with Crippen molar-refractivity contribution in [1.82, 2.24) is 5.43 Å². The van der Waals surface area contributed by atoms with Crippen LogP contribution in [0, 0.1) is 6.92 Å². The third-order valence-electron chi connectivity index (χ3n) is 2.56. The molecule has 0 aliphatic carbocycles. The Balaban J connectivity index is 2.47. The van der Waals surface area contributed by atoms with Crippen molar-refractivity contribution in [3.05, 3.63) is 71.3 Å². The predicted molar refractivity (Wildman–Crippen MR) is 72.3 cm³/mol. The summed E-state index contributed by atoms with van der Waals surface area (Å²) in [6.45, 7) is 2.09. The molecular weight excluding hydrogens is 208 g/mol. The standard InChI is InChI=1S/C15H16N2/c1-12-7-6-10-14(11-12)15(17-16-2)13-8-4-3-5-9-13/h3-11,16H,1-2H3/b17-15-. The van der Waals surface area contributed by atoms with Gasteiger partial charge < -0.3 is 5.43 Å². The zero-order chi connectivity index (χ0) is 12.1. The molecule has 0 aliphatic rings. The lowest BCUT2D eigenvalue weighted by Crippen LogP contribution is -2.09. The minimum absolute atomic E-state index is 0.969. The average molecular weight is 224 g/mol. The molecule has 0 radical (unpaired) electrons. The Hall–Kier alpha value is -2.09. The lowest BCUT2D eigenvalue weighted by Gasteiger charge is -2.07. The predicted octanol–water partition coefficient (Wildman–Crippen LogP) is 2.97. The number of rotatable bonds is 3. The summed E-state index contributed by atoms with van der Waals surface area (Å²) < 4.78 is 0. The van der Waals surface area contributed by atoms with Crippen LogP contribution in [0.3, 0.4) is 0 Å². The Morgan fingerprint density at radius 2 is 1.65 bits per heavy atom.